The van der Waals surface area contributed by atoms with Crippen LogP contribution < -0.4 is 0 Å². The summed E-state index contributed by atoms with van der Waals surface area (Å²) >= 11 is 5.55. The summed E-state index contributed by atoms with van der Waals surface area (Å²) in [4.78, 5) is 11.4. The lowest BCUT2D eigenvalue weighted by Gasteiger charge is -1.93. The van der Waals surface area contributed by atoms with Crippen molar-refractivity contribution in [3.63, 3.8) is 0 Å². The fraction of sp³-hybridized carbons (Fsp3) is 0.222. The van der Waals surface area contributed by atoms with Crippen LogP contribution in [0.15, 0.2) is 30.3 Å². The number of epoxide rings is 1. The van der Waals surface area contributed by atoms with E-state index in [4.69, 9.17) is 16.3 Å². The van der Waals surface area contributed by atoms with Crippen LogP contribution >= 0.6 is 11.6 Å². The van der Waals surface area contributed by atoms with Crippen molar-refractivity contribution in [3.8, 4) is 0 Å². The van der Waals surface area contributed by atoms with Gasteiger partial charge in [-0.05, 0) is 0 Å². The molecular formula is C9H7ClO2. The second-order valence-electron chi connectivity index (χ2n) is 2.64. The monoisotopic (exact) mass is 182 g/mol. The first-order valence-corrected chi connectivity index (χ1v) is 4.11. The number of rotatable bonds is 2. The van der Waals surface area contributed by atoms with Gasteiger partial charge in [0.1, 0.15) is 0 Å². The molecule has 1 aromatic rings. The molecule has 0 bridgehead atoms. The number of halogens is 1. The van der Waals surface area contributed by atoms with Crippen molar-refractivity contribution in [2.75, 3.05) is 0 Å². The molecule has 0 N–H and O–H groups in total. The summed E-state index contributed by atoms with van der Waals surface area (Å²) in [6.45, 7) is 0. The summed E-state index contributed by atoms with van der Waals surface area (Å²) in [5.41, 5.74) is 0.239. The molecule has 12 heavy (non-hydrogen) atoms. The van der Waals surface area contributed by atoms with E-state index in [2.05, 4.69) is 0 Å². The highest BCUT2D eigenvalue weighted by atomic mass is 35.5. The van der Waals surface area contributed by atoms with Gasteiger partial charge in [0.05, 0.1) is 0 Å². The predicted molar refractivity (Wildman–Crippen MR) is 45.3 cm³/mol. The van der Waals surface area contributed by atoms with E-state index >= 15 is 0 Å². The van der Waals surface area contributed by atoms with E-state index < -0.39 is 11.7 Å². The summed E-state index contributed by atoms with van der Waals surface area (Å²) in [6, 6.07) is 9.02. The molecule has 0 spiro atoms. The Kier molecular flexibility index (Phi) is 1.87. The molecule has 62 valence electrons. The minimum Gasteiger partial charge on any atom is -0.344 e. The van der Waals surface area contributed by atoms with Gasteiger partial charge in [-0.25, -0.2) is 0 Å². The van der Waals surface area contributed by atoms with E-state index in [0.29, 0.717) is 5.56 Å². The quantitative estimate of drug-likeness (QED) is 0.397. The molecule has 2 nitrogen and oxygen atoms in total. The molecule has 2 unspecified atom stereocenters. The Hall–Kier alpha value is -0.860. The van der Waals surface area contributed by atoms with Gasteiger partial charge in [-0.2, -0.15) is 0 Å². The van der Waals surface area contributed by atoms with Gasteiger partial charge in [0, 0.05) is 5.56 Å². The smallest absolute Gasteiger partial charge is 0.195 e. The summed E-state index contributed by atoms with van der Waals surface area (Å²) < 4.78 is 4.85. The Labute approximate surface area is 75.1 Å². The number of hydrogen-bond acceptors (Lipinski definition) is 2. The highest BCUT2D eigenvalue weighted by Gasteiger charge is 2.43. The van der Waals surface area contributed by atoms with E-state index in [-0.39, 0.29) is 5.78 Å². The highest BCUT2D eigenvalue weighted by molar-refractivity contribution is 6.25. The zero-order valence-electron chi connectivity index (χ0n) is 6.24. The van der Waals surface area contributed by atoms with Crippen LogP contribution in [0.4, 0.5) is 0 Å². The van der Waals surface area contributed by atoms with Crippen molar-refractivity contribution in [2.45, 2.75) is 11.7 Å². The summed E-state index contributed by atoms with van der Waals surface area (Å²) in [7, 11) is 0. The molecule has 0 saturated carbocycles. The second kappa shape index (κ2) is 2.88. The van der Waals surface area contributed by atoms with E-state index in [1.54, 1.807) is 12.1 Å². The first kappa shape index (κ1) is 7.77. The highest BCUT2D eigenvalue weighted by Crippen LogP contribution is 2.28. The minimum atomic E-state index is -0.422. The van der Waals surface area contributed by atoms with Gasteiger partial charge in [0.25, 0.3) is 0 Å². The maximum atomic E-state index is 11.4. The lowest BCUT2D eigenvalue weighted by Crippen LogP contribution is -2.07. The van der Waals surface area contributed by atoms with Crippen LogP contribution in [0.25, 0.3) is 0 Å². The molecule has 2 rings (SSSR count). The molecule has 0 aromatic heterocycles. The molecular weight excluding hydrogens is 176 g/mol. The van der Waals surface area contributed by atoms with Gasteiger partial charge in [-0.15, -0.1) is 0 Å². The molecule has 1 aliphatic rings. The molecule has 0 amide bonds. The van der Waals surface area contributed by atoms with E-state index in [0.717, 1.165) is 0 Å². The van der Waals surface area contributed by atoms with Crippen LogP contribution in [0.5, 0.6) is 0 Å². The van der Waals surface area contributed by atoms with Crippen molar-refractivity contribution in [2.24, 2.45) is 0 Å². The summed E-state index contributed by atoms with van der Waals surface area (Å²) in [6.07, 6.45) is -0.422. The zero-order chi connectivity index (χ0) is 8.55. The third-order valence-corrected chi connectivity index (χ3v) is 2.09. The summed E-state index contributed by atoms with van der Waals surface area (Å²) in [5.74, 6) is -0.0319. The van der Waals surface area contributed by atoms with Crippen LogP contribution in [0.1, 0.15) is 10.4 Å². The molecule has 0 radical (unpaired) electrons. The van der Waals surface area contributed by atoms with Crippen molar-refractivity contribution in [1.82, 2.24) is 0 Å². The lowest BCUT2D eigenvalue weighted by atomic mass is 10.1. The van der Waals surface area contributed by atoms with Gasteiger partial charge in [-0.3, -0.25) is 4.79 Å². The molecule has 2 atom stereocenters. The summed E-state index contributed by atoms with van der Waals surface area (Å²) in [5, 5.41) is 0. The third-order valence-electron chi connectivity index (χ3n) is 1.75. The number of Topliss-reactive ketones (excluding diaryl/α,β-unsaturated/α-hetero) is 1. The topological polar surface area (TPSA) is 29.6 Å². The first-order chi connectivity index (χ1) is 5.79. The van der Waals surface area contributed by atoms with Gasteiger partial charge in [0.2, 0.25) is 0 Å². The third kappa shape index (κ3) is 1.36. The maximum Gasteiger partial charge on any atom is 0.195 e. The average molecular weight is 183 g/mol. The second-order valence-corrected chi connectivity index (χ2v) is 3.07. The first-order valence-electron chi connectivity index (χ1n) is 3.68. The van der Waals surface area contributed by atoms with E-state index in [9.17, 15) is 4.79 Å². The molecule has 3 heteroatoms. The number of benzene rings is 1. The Balaban J connectivity index is 2.16. The largest absolute Gasteiger partial charge is 0.344 e. The zero-order valence-corrected chi connectivity index (χ0v) is 6.99. The van der Waals surface area contributed by atoms with Crippen molar-refractivity contribution < 1.29 is 9.53 Å². The van der Waals surface area contributed by atoms with Crippen LogP contribution in [0, 0.1) is 0 Å². The number of ether oxygens (including phenoxy) is 1. The lowest BCUT2D eigenvalue weighted by molar-refractivity contribution is 0.0953. The predicted octanol–water partition coefficient (Wildman–Crippen LogP) is 1.83. The minimum absolute atomic E-state index is 0.0319. The van der Waals surface area contributed by atoms with E-state index in [1.807, 2.05) is 18.2 Å². The number of carbonyl (C=O) groups is 1. The fourth-order valence-corrected chi connectivity index (χ4v) is 1.27. The van der Waals surface area contributed by atoms with Gasteiger partial charge >= 0.3 is 0 Å². The normalized spacial score (nSPS) is 26.8. The molecule has 1 saturated heterocycles. The molecule has 1 aromatic carbocycles. The molecule has 1 heterocycles. The number of ketones is 1. The van der Waals surface area contributed by atoms with Gasteiger partial charge in [0.15, 0.2) is 17.5 Å². The van der Waals surface area contributed by atoms with Crippen LogP contribution in [-0.2, 0) is 4.74 Å². The number of alkyl halides is 1. The Bertz CT molecular complexity index is 297. The van der Waals surface area contributed by atoms with Crippen LogP contribution in [0.2, 0.25) is 0 Å². The Morgan fingerprint density at radius 1 is 1.33 bits per heavy atom. The van der Waals surface area contributed by atoms with Gasteiger partial charge < -0.3 is 4.74 Å². The van der Waals surface area contributed by atoms with Crippen molar-refractivity contribution in [3.05, 3.63) is 35.9 Å². The Morgan fingerprint density at radius 3 is 2.42 bits per heavy atom. The SMILES string of the molecule is O=C(c1ccccc1)C1OC1Cl. The average Bonchev–Trinajstić information content (AvgIpc) is 2.83. The molecule has 1 fully saturated rings. The van der Waals surface area contributed by atoms with Gasteiger partial charge in [-0.1, -0.05) is 41.9 Å². The standard InChI is InChI=1S/C9H7ClO2/c10-9-8(12-9)7(11)6-4-2-1-3-5-6/h1-5,8-9H. The fourth-order valence-electron chi connectivity index (χ4n) is 1.04. The van der Waals surface area contributed by atoms with E-state index in [1.165, 1.54) is 0 Å². The number of carbonyl (C=O) groups excluding carboxylic acids is 1. The van der Waals surface area contributed by atoms with Crippen molar-refractivity contribution in [1.29, 1.82) is 0 Å². The van der Waals surface area contributed by atoms with Crippen molar-refractivity contribution >= 4 is 17.4 Å². The Morgan fingerprint density at radius 2 is 1.92 bits per heavy atom. The number of hydrogen-bond donors (Lipinski definition) is 0. The van der Waals surface area contributed by atoms with Crippen LogP contribution in [-0.4, -0.2) is 17.5 Å². The molecule has 1 aliphatic heterocycles. The van der Waals surface area contributed by atoms with Crippen LogP contribution in [0.3, 0.4) is 0 Å². The maximum absolute atomic E-state index is 11.4. The molecule has 0 aliphatic carbocycles.